The van der Waals surface area contributed by atoms with Crippen LogP contribution in [0.2, 0.25) is 5.02 Å². The van der Waals surface area contributed by atoms with Crippen LogP contribution >= 0.6 is 23.4 Å². The Balaban J connectivity index is 2.10. The van der Waals surface area contributed by atoms with Gasteiger partial charge in [0.25, 0.3) is 0 Å². The summed E-state index contributed by atoms with van der Waals surface area (Å²) in [4.78, 5) is 0.874. The Kier molecular flexibility index (Phi) is 3.92. The quantitative estimate of drug-likeness (QED) is 0.661. The molecule has 0 spiro atoms. The van der Waals surface area contributed by atoms with Crippen LogP contribution in [0.5, 0.6) is 0 Å². The van der Waals surface area contributed by atoms with Gasteiger partial charge >= 0.3 is 0 Å². The molecule has 2 aromatic carbocycles. The summed E-state index contributed by atoms with van der Waals surface area (Å²) in [6.07, 6.45) is 0. The highest BCUT2D eigenvalue weighted by Gasteiger charge is 2.05. The van der Waals surface area contributed by atoms with Crippen molar-refractivity contribution >= 4 is 29.1 Å². The van der Waals surface area contributed by atoms with Gasteiger partial charge in [0, 0.05) is 16.3 Å². The second-order valence-corrected chi connectivity index (χ2v) is 4.97. The lowest BCUT2D eigenvalue weighted by atomic mass is 10.2. The highest BCUT2D eigenvalue weighted by molar-refractivity contribution is 7.98. The van der Waals surface area contributed by atoms with Crippen molar-refractivity contribution in [2.75, 3.05) is 5.73 Å². The Hall–Kier alpha value is -1.19. The van der Waals surface area contributed by atoms with E-state index in [0.29, 0.717) is 16.5 Å². The predicted octanol–water partition coefficient (Wildman–Crippen LogP) is 4.35. The molecule has 2 aromatic rings. The molecule has 0 aliphatic heterocycles. The Labute approximate surface area is 109 Å². The van der Waals surface area contributed by atoms with Crippen LogP contribution in [0, 0.1) is 5.82 Å². The minimum atomic E-state index is -0.226. The molecule has 0 amide bonds. The molecule has 88 valence electrons. The largest absolute Gasteiger partial charge is 0.398 e. The van der Waals surface area contributed by atoms with Crippen molar-refractivity contribution < 1.29 is 4.39 Å². The Morgan fingerprint density at radius 3 is 2.47 bits per heavy atom. The molecule has 0 fully saturated rings. The van der Waals surface area contributed by atoms with Gasteiger partial charge in [0.15, 0.2) is 0 Å². The first kappa shape index (κ1) is 12.3. The van der Waals surface area contributed by atoms with Gasteiger partial charge in [0.05, 0.1) is 5.02 Å². The summed E-state index contributed by atoms with van der Waals surface area (Å²) in [6, 6.07) is 11.9. The molecule has 2 N–H and O–H groups in total. The zero-order chi connectivity index (χ0) is 12.3. The normalized spacial score (nSPS) is 10.5. The number of hydrogen-bond acceptors (Lipinski definition) is 2. The molecule has 0 aromatic heterocycles. The third-order valence-corrected chi connectivity index (χ3v) is 3.94. The van der Waals surface area contributed by atoms with E-state index >= 15 is 0 Å². The van der Waals surface area contributed by atoms with Gasteiger partial charge in [-0.3, -0.25) is 0 Å². The fourth-order valence-electron chi connectivity index (χ4n) is 1.41. The van der Waals surface area contributed by atoms with Gasteiger partial charge in [-0.2, -0.15) is 0 Å². The number of rotatable bonds is 3. The molecule has 1 nitrogen and oxygen atoms in total. The van der Waals surface area contributed by atoms with Crippen LogP contribution in [0.1, 0.15) is 5.56 Å². The molecule has 0 saturated heterocycles. The number of thioether (sulfide) groups is 1. The van der Waals surface area contributed by atoms with Crippen molar-refractivity contribution in [2.24, 2.45) is 0 Å². The third kappa shape index (κ3) is 3.14. The fourth-order valence-corrected chi connectivity index (χ4v) is 2.70. The van der Waals surface area contributed by atoms with Crippen LogP contribution in [0.15, 0.2) is 47.4 Å². The Bertz CT molecular complexity index is 493. The third-order valence-electron chi connectivity index (χ3n) is 2.29. The summed E-state index contributed by atoms with van der Waals surface area (Å²) >= 11 is 7.61. The van der Waals surface area contributed by atoms with E-state index in [1.54, 1.807) is 23.9 Å². The minimum absolute atomic E-state index is 0.226. The number of nitrogen functional groups attached to an aromatic ring is 1. The maximum atomic E-state index is 12.7. The van der Waals surface area contributed by atoms with E-state index in [1.165, 1.54) is 12.1 Å². The van der Waals surface area contributed by atoms with Crippen molar-refractivity contribution in [3.63, 3.8) is 0 Å². The maximum Gasteiger partial charge on any atom is 0.123 e. The van der Waals surface area contributed by atoms with E-state index in [0.717, 1.165) is 10.5 Å². The SMILES string of the molecule is Nc1cccc(Cl)c1SCc1ccc(F)cc1. The molecule has 0 atom stereocenters. The molecular weight excluding hydrogens is 257 g/mol. The first-order valence-electron chi connectivity index (χ1n) is 5.08. The topological polar surface area (TPSA) is 26.0 Å². The summed E-state index contributed by atoms with van der Waals surface area (Å²) in [5.74, 6) is 0.491. The maximum absolute atomic E-state index is 12.7. The van der Waals surface area contributed by atoms with Crippen molar-refractivity contribution in [2.45, 2.75) is 10.6 Å². The van der Waals surface area contributed by atoms with Crippen LogP contribution in [0.4, 0.5) is 10.1 Å². The summed E-state index contributed by atoms with van der Waals surface area (Å²) in [5.41, 5.74) is 7.55. The molecule has 0 heterocycles. The number of benzene rings is 2. The van der Waals surface area contributed by atoms with Crippen LogP contribution in [-0.4, -0.2) is 0 Å². The molecule has 4 heteroatoms. The molecular formula is C13H11ClFNS. The fraction of sp³-hybridized carbons (Fsp3) is 0.0769. The van der Waals surface area contributed by atoms with E-state index in [4.69, 9.17) is 17.3 Å². The summed E-state index contributed by atoms with van der Waals surface area (Å²) in [5, 5.41) is 0.650. The van der Waals surface area contributed by atoms with E-state index in [-0.39, 0.29) is 5.82 Å². The lowest BCUT2D eigenvalue weighted by Gasteiger charge is -2.07. The molecule has 0 unspecified atom stereocenters. The number of halogens is 2. The monoisotopic (exact) mass is 267 g/mol. The highest BCUT2D eigenvalue weighted by Crippen LogP contribution is 2.34. The summed E-state index contributed by atoms with van der Waals surface area (Å²) in [6.45, 7) is 0. The van der Waals surface area contributed by atoms with Gasteiger partial charge in [0.2, 0.25) is 0 Å². The van der Waals surface area contributed by atoms with Gasteiger partial charge in [-0.25, -0.2) is 4.39 Å². The van der Waals surface area contributed by atoms with Gasteiger partial charge in [0.1, 0.15) is 5.82 Å². The van der Waals surface area contributed by atoms with E-state index in [9.17, 15) is 4.39 Å². The molecule has 0 radical (unpaired) electrons. The van der Waals surface area contributed by atoms with Crippen molar-refractivity contribution in [1.29, 1.82) is 0 Å². The van der Waals surface area contributed by atoms with E-state index in [2.05, 4.69) is 0 Å². The average Bonchev–Trinajstić information content (AvgIpc) is 2.31. The number of hydrogen-bond donors (Lipinski definition) is 1. The zero-order valence-corrected chi connectivity index (χ0v) is 10.6. The summed E-state index contributed by atoms with van der Waals surface area (Å²) < 4.78 is 12.7. The number of nitrogens with two attached hydrogens (primary N) is 1. The molecule has 0 aliphatic carbocycles. The van der Waals surface area contributed by atoms with Gasteiger partial charge in [-0.15, -0.1) is 11.8 Å². The van der Waals surface area contributed by atoms with Crippen LogP contribution < -0.4 is 5.73 Å². The van der Waals surface area contributed by atoms with Gasteiger partial charge in [-0.05, 0) is 29.8 Å². The van der Waals surface area contributed by atoms with Crippen LogP contribution in [0.25, 0.3) is 0 Å². The molecule has 2 rings (SSSR count). The lowest BCUT2D eigenvalue weighted by Crippen LogP contribution is -1.89. The Morgan fingerprint density at radius 2 is 1.82 bits per heavy atom. The second kappa shape index (κ2) is 5.43. The first-order chi connectivity index (χ1) is 8.16. The smallest absolute Gasteiger partial charge is 0.123 e. The molecule has 0 bridgehead atoms. The van der Waals surface area contributed by atoms with Gasteiger partial charge in [-0.1, -0.05) is 29.8 Å². The average molecular weight is 268 g/mol. The standard InChI is InChI=1S/C13H11ClFNS/c14-11-2-1-3-12(16)13(11)17-8-9-4-6-10(15)7-5-9/h1-7H,8,16H2. The Morgan fingerprint density at radius 1 is 1.12 bits per heavy atom. The van der Waals surface area contributed by atoms with Gasteiger partial charge < -0.3 is 5.73 Å². The summed E-state index contributed by atoms with van der Waals surface area (Å²) in [7, 11) is 0. The predicted molar refractivity (Wildman–Crippen MR) is 71.8 cm³/mol. The van der Waals surface area contributed by atoms with E-state index in [1.807, 2.05) is 18.2 Å². The van der Waals surface area contributed by atoms with Crippen LogP contribution in [-0.2, 0) is 5.75 Å². The molecule has 0 aliphatic rings. The zero-order valence-electron chi connectivity index (χ0n) is 8.99. The van der Waals surface area contributed by atoms with Crippen molar-refractivity contribution in [1.82, 2.24) is 0 Å². The van der Waals surface area contributed by atoms with Crippen molar-refractivity contribution in [3.05, 3.63) is 58.9 Å². The first-order valence-corrected chi connectivity index (χ1v) is 6.44. The lowest BCUT2D eigenvalue weighted by molar-refractivity contribution is 0.627. The van der Waals surface area contributed by atoms with E-state index < -0.39 is 0 Å². The second-order valence-electron chi connectivity index (χ2n) is 3.57. The van der Waals surface area contributed by atoms with Crippen molar-refractivity contribution in [3.8, 4) is 0 Å². The highest BCUT2D eigenvalue weighted by atomic mass is 35.5. The molecule has 17 heavy (non-hydrogen) atoms. The minimum Gasteiger partial charge on any atom is -0.398 e. The number of anilines is 1. The molecule has 0 saturated carbocycles. The van der Waals surface area contributed by atoms with Crippen LogP contribution in [0.3, 0.4) is 0 Å².